The first-order chi connectivity index (χ1) is 14.2. The van der Waals surface area contributed by atoms with Crippen molar-refractivity contribution in [2.75, 3.05) is 33.4 Å². The van der Waals surface area contributed by atoms with Crippen LogP contribution in [0, 0.1) is 13.8 Å². The van der Waals surface area contributed by atoms with Crippen molar-refractivity contribution >= 4 is 5.91 Å². The smallest absolute Gasteiger partial charge is 0.276 e. The van der Waals surface area contributed by atoms with Gasteiger partial charge in [-0.25, -0.2) is 8.78 Å². The third kappa shape index (κ3) is 3.62. The minimum absolute atomic E-state index is 0.0962. The molecule has 4 heterocycles. The molecule has 1 atom stereocenters. The molecule has 8 nitrogen and oxygen atoms in total. The Bertz CT molecular complexity index is 935. The Hall–Kier alpha value is -2.33. The molecule has 2 saturated heterocycles. The van der Waals surface area contributed by atoms with Gasteiger partial charge in [-0.05, 0) is 20.8 Å². The SMILES string of the molecule is CCn1nc(C)c(-c2cc(C(=O)N3CC(N4CC(F)(F)C[C@H]4COC)C3)no2)c1C. The number of rotatable bonds is 6. The van der Waals surface area contributed by atoms with Crippen LogP contribution in [0.5, 0.6) is 0 Å². The zero-order valence-corrected chi connectivity index (χ0v) is 17.7. The number of alkyl halides is 2. The van der Waals surface area contributed by atoms with E-state index in [0.717, 1.165) is 23.5 Å². The number of hydrogen-bond acceptors (Lipinski definition) is 6. The molecular weight excluding hydrogens is 396 g/mol. The van der Waals surface area contributed by atoms with E-state index in [0.29, 0.717) is 18.8 Å². The zero-order chi connectivity index (χ0) is 21.6. The van der Waals surface area contributed by atoms with Crippen LogP contribution >= 0.6 is 0 Å². The minimum atomic E-state index is -2.71. The number of methoxy groups -OCH3 is 1. The summed E-state index contributed by atoms with van der Waals surface area (Å²) in [6.07, 6.45) is -0.206. The van der Waals surface area contributed by atoms with Crippen LogP contribution < -0.4 is 0 Å². The van der Waals surface area contributed by atoms with E-state index in [1.54, 1.807) is 15.9 Å². The molecule has 164 valence electrons. The van der Waals surface area contributed by atoms with Gasteiger partial charge in [0.2, 0.25) is 0 Å². The molecule has 10 heteroatoms. The van der Waals surface area contributed by atoms with Gasteiger partial charge in [-0.3, -0.25) is 14.4 Å². The number of carbonyl (C=O) groups excluding carboxylic acids is 1. The van der Waals surface area contributed by atoms with Crippen LogP contribution in [0.15, 0.2) is 10.6 Å². The van der Waals surface area contributed by atoms with Crippen molar-refractivity contribution in [1.82, 2.24) is 24.7 Å². The molecule has 2 aliphatic rings. The highest BCUT2D eigenvalue weighted by molar-refractivity contribution is 5.93. The van der Waals surface area contributed by atoms with Gasteiger partial charge in [0.1, 0.15) is 0 Å². The number of halogens is 2. The highest BCUT2D eigenvalue weighted by atomic mass is 19.3. The fraction of sp³-hybridized carbons (Fsp3) is 0.650. The molecule has 0 radical (unpaired) electrons. The number of aryl methyl sites for hydroxylation is 2. The first-order valence-electron chi connectivity index (χ1n) is 10.2. The van der Waals surface area contributed by atoms with Crippen LogP contribution in [0.2, 0.25) is 0 Å². The third-order valence-electron chi connectivity index (χ3n) is 6.05. The van der Waals surface area contributed by atoms with E-state index in [1.807, 2.05) is 25.5 Å². The molecule has 0 bridgehead atoms. The molecule has 0 spiro atoms. The minimum Gasteiger partial charge on any atom is -0.383 e. The Kier molecular flexibility index (Phi) is 5.39. The van der Waals surface area contributed by atoms with Gasteiger partial charge in [-0.2, -0.15) is 5.10 Å². The Morgan fingerprint density at radius 2 is 2.10 bits per heavy atom. The summed E-state index contributed by atoms with van der Waals surface area (Å²) < 4.78 is 40.1. The molecule has 2 aromatic rings. The normalized spacial score (nSPS) is 21.9. The molecule has 2 fully saturated rings. The van der Waals surface area contributed by atoms with Gasteiger partial charge in [0.05, 0.1) is 24.4 Å². The maximum atomic E-state index is 13.9. The molecule has 0 N–H and O–H groups in total. The standard InChI is InChI=1S/C20H27F2N5O3/c1-5-27-13(3)18(12(2)23-27)17-6-16(24-30-17)19(28)25-8-15(9-25)26-11-20(21,22)7-14(26)10-29-4/h6,14-15H,5,7-11H2,1-4H3/t14-/m0/s1. The summed E-state index contributed by atoms with van der Waals surface area (Å²) in [5, 5.41) is 8.41. The van der Waals surface area contributed by atoms with Crippen LogP contribution in [0.4, 0.5) is 8.78 Å². The van der Waals surface area contributed by atoms with Crippen molar-refractivity contribution in [3.63, 3.8) is 0 Å². The summed E-state index contributed by atoms with van der Waals surface area (Å²) >= 11 is 0. The second-order valence-corrected chi connectivity index (χ2v) is 8.14. The fourth-order valence-electron chi connectivity index (χ4n) is 4.55. The second-order valence-electron chi connectivity index (χ2n) is 8.14. The summed E-state index contributed by atoms with van der Waals surface area (Å²) in [4.78, 5) is 16.2. The molecule has 0 aliphatic carbocycles. The van der Waals surface area contributed by atoms with Crippen molar-refractivity contribution < 1.29 is 22.8 Å². The molecule has 30 heavy (non-hydrogen) atoms. The third-order valence-corrected chi connectivity index (χ3v) is 6.05. The van der Waals surface area contributed by atoms with Crippen molar-refractivity contribution in [2.45, 2.75) is 51.7 Å². The number of hydrogen-bond donors (Lipinski definition) is 0. The summed E-state index contributed by atoms with van der Waals surface area (Å²) in [7, 11) is 1.51. The van der Waals surface area contributed by atoms with Gasteiger partial charge < -0.3 is 14.2 Å². The molecule has 2 aliphatic heterocycles. The highest BCUT2D eigenvalue weighted by Crippen LogP contribution is 2.36. The lowest BCUT2D eigenvalue weighted by Gasteiger charge is -2.45. The number of carbonyl (C=O) groups is 1. The predicted molar refractivity (Wildman–Crippen MR) is 104 cm³/mol. The lowest BCUT2D eigenvalue weighted by atomic mass is 10.0. The van der Waals surface area contributed by atoms with Crippen molar-refractivity contribution in [1.29, 1.82) is 0 Å². The Morgan fingerprint density at radius 3 is 2.73 bits per heavy atom. The Balaban J connectivity index is 1.42. The van der Waals surface area contributed by atoms with Crippen LogP contribution in [0.1, 0.15) is 35.2 Å². The van der Waals surface area contributed by atoms with Crippen LogP contribution in [-0.2, 0) is 11.3 Å². The number of aromatic nitrogens is 3. The van der Waals surface area contributed by atoms with Gasteiger partial charge in [0.15, 0.2) is 11.5 Å². The van der Waals surface area contributed by atoms with Crippen LogP contribution in [0.3, 0.4) is 0 Å². The maximum Gasteiger partial charge on any atom is 0.276 e. The second kappa shape index (κ2) is 7.73. The lowest BCUT2D eigenvalue weighted by molar-refractivity contribution is -0.0138. The lowest BCUT2D eigenvalue weighted by Crippen LogP contribution is -2.62. The average Bonchev–Trinajstić information content (AvgIpc) is 3.30. The largest absolute Gasteiger partial charge is 0.383 e. The van der Waals surface area contributed by atoms with Crippen LogP contribution in [0.25, 0.3) is 11.3 Å². The predicted octanol–water partition coefficient (Wildman–Crippen LogP) is 2.36. The first-order valence-corrected chi connectivity index (χ1v) is 10.2. The van der Waals surface area contributed by atoms with E-state index in [-0.39, 0.29) is 43.3 Å². The maximum absolute atomic E-state index is 13.9. The number of amides is 1. The summed E-state index contributed by atoms with van der Waals surface area (Å²) in [6.45, 7) is 7.34. The number of ether oxygens (including phenoxy) is 1. The molecular formula is C20H27F2N5O3. The first kappa shape index (κ1) is 20.9. The quantitative estimate of drug-likeness (QED) is 0.710. The monoisotopic (exact) mass is 423 g/mol. The van der Waals surface area contributed by atoms with Gasteiger partial charge in [-0.1, -0.05) is 5.16 Å². The Morgan fingerprint density at radius 1 is 1.37 bits per heavy atom. The van der Waals surface area contributed by atoms with E-state index >= 15 is 0 Å². The molecule has 0 aromatic carbocycles. The van der Waals surface area contributed by atoms with Crippen molar-refractivity contribution in [2.24, 2.45) is 0 Å². The molecule has 4 rings (SSSR count). The van der Waals surface area contributed by atoms with Gasteiger partial charge in [-0.15, -0.1) is 0 Å². The fourth-order valence-corrected chi connectivity index (χ4v) is 4.55. The number of nitrogens with zero attached hydrogens (tertiary/aromatic N) is 5. The number of likely N-dealkylation sites (tertiary alicyclic amines) is 2. The van der Waals surface area contributed by atoms with E-state index in [1.165, 1.54) is 7.11 Å². The van der Waals surface area contributed by atoms with Gasteiger partial charge in [0, 0.05) is 57.0 Å². The Labute approximate surface area is 173 Å². The van der Waals surface area contributed by atoms with E-state index < -0.39 is 5.92 Å². The summed E-state index contributed by atoms with van der Waals surface area (Å²) in [5.74, 6) is -2.47. The summed E-state index contributed by atoms with van der Waals surface area (Å²) in [5.41, 5.74) is 2.82. The van der Waals surface area contributed by atoms with Crippen molar-refractivity contribution in [3.05, 3.63) is 23.1 Å². The molecule has 1 amide bonds. The van der Waals surface area contributed by atoms with E-state index in [9.17, 15) is 13.6 Å². The molecule has 0 unspecified atom stereocenters. The topological polar surface area (TPSA) is 76.6 Å². The van der Waals surface area contributed by atoms with E-state index in [4.69, 9.17) is 9.26 Å². The molecule has 2 aromatic heterocycles. The molecule has 0 saturated carbocycles. The van der Waals surface area contributed by atoms with Crippen molar-refractivity contribution in [3.8, 4) is 11.3 Å². The van der Waals surface area contributed by atoms with Gasteiger partial charge in [0.25, 0.3) is 11.8 Å². The van der Waals surface area contributed by atoms with E-state index in [2.05, 4.69) is 10.3 Å². The summed E-state index contributed by atoms with van der Waals surface area (Å²) in [6, 6.07) is 1.21. The van der Waals surface area contributed by atoms with Crippen LogP contribution in [-0.4, -0.2) is 82.0 Å². The average molecular weight is 423 g/mol. The highest BCUT2D eigenvalue weighted by Gasteiger charge is 2.50. The van der Waals surface area contributed by atoms with Gasteiger partial charge >= 0.3 is 0 Å². The zero-order valence-electron chi connectivity index (χ0n) is 17.7.